The van der Waals surface area contributed by atoms with Gasteiger partial charge in [0.2, 0.25) is 6.41 Å². The summed E-state index contributed by atoms with van der Waals surface area (Å²) in [6.45, 7) is 7.86. The Kier molecular flexibility index (Phi) is 21.8. The lowest BCUT2D eigenvalue weighted by molar-refractivity contribution is -0.106. The third-order valence-electron chi connectivity index (χ3n) is 4.15. The second-order valence-corrected chi connectivity index (χ2v) is 6.74. The van der Waals surface area contributed by atoms with E-state index >= 15 is 0 Å². The standard InChI is InChI=1S/C10H10N2O2.C8H10.C6H10N2O2.C2H6.CH3NO/c1-13-9-4-7(11)2-3-8(9)10-5-12-6-14-10;1-2-8-6-4-3-5-7-8;1-5(3-2-4-7)10-6(8)9;1-2;2-1-3/h2-6H,11H2,1H3;3-7H,2H2,1H3;5H,2-3H2,1H3,(H2,8,9);1-2H3;1H,(H2,2,3)/t;;5-;;/m..1../s1. The summed E-state index contributed by atoms with van der Waals surface area (Å²) in [7, 11) is 1.59. The first kappa shape index (κ1) is 34.6. The fourth-order valence-electron chi connectivity index (χ4n) is 2.50. The molecule has 10 nitrogen and oxygen atoms in total. The molecule has 3 rings (SSSR count). The molecule has 1 atom stereocenters. The van der Waals surface area contributed by atoms with Crippen molar-refractivity contribution in [3.05, 3.63) is 66.7 Å². The molecule has 202 valence electrons. The van der Waals surface area contributed by atoms with Gasteiger partial charge in [-0.2, -0.15) is 5.26 Å². The number of carbonyl (C=O) groups excluding carboxylic acids is 2. The minimum atomic E-state index is -0.787. The number of amides is 2. The van der Waals surface area contributed by atoms with Crippen LogP contribution in [0, 0.1) is 11.3 Å². The molecule has 0 aliphatic heterocycles. The summed E-state index contributed by atoms with van der Waals surface area (Å²) in [4.78, 5) is 22.5. The Morgan fingerprint density at radius 2 is 1.84 bits per heavy atom. The molecule has 0 bridgehead atoms. The number of hydrogen-bond donors (Lipinski definition) is 3. The Hall–Kier alpha value is -4.52. The van der Waals surface area contributed by atoms with Gasteiger partial charge in [-0.3, -0.25) is 4.79 Å². The van der Waals surface area contributed by atoms with Crippen LogP contribution in [0.4, 0.5) is 10.5 Å². The predicted molar refractivity (Wildman–Crippen MR) is 145 cm³/mol. The first-order valence-electron chi connectivity index (χ1n) is 11.7. The molecular formula is C27H39N5O5. The van der Waals surface area contributed by atoms with E-state index in [9.17, 15) is 4.79 Å². The van der Waals surface area contributed by atoms with Gasteiger partial charge < -0.3 is 31.1 Å². The van der Waals surface area contributed by atoms with Crippen LogP contribution in [0.25, 0.3) is 11.3 Å². The van der Waals surface area contributed by atoms with Crippen molar-refractivity contribution in [2.75, 3.05) is 12.8 Å². The number of rotatable bonds is 6. The van der Waals surface area contributed by atoms with Crippen molar-refractivity contribution in [2.45, 2.75) is 53.1 Å². The molecule has 0 fully saturated rings. The summed E-state index contributed by atoms with van der Waals surface area (Å²) in [5.74, 6) is 1.35. The van der Waals surface area contributed by atoms with Crippen LogP contribution < -0.4 is 21.9 Å². The van der Waals surface area contributed by atoms with Crippen LogP contribution in [-0.2, 0) is 16.0 Å². The highest BCUT2D eigenvalue weighted by Gasteiger charge is 2.08. The Labute approximate surface area is 219 Å². The van der Waals surface area contributed by atoms with Crippen molar-refractivity contribution in [1.82, 2.24) is 4.98 Å². The van der Waals surface area contributed by atoms with Crippen LogP contribution >= 0.6 is 0 Å². The molecule has 0 radical (unpaired) electrons. The average molecular weight is 514 g/mol. The van der Waals surface area contributed by atoms with Gasteiger partial charge in [0.1, 0.15) is 11.9 Å². The first-order chi connectivity index (χ1) is 17.8. The summed E-state index contributed by atoms with van der Waals surface area (Å²) < 4.78 is 14.9. The molecule has 6 N–H and O–H groups in total. The van der Waals surface area contributed by atoms with E-state index in [1.165, 1.54) is 12.0 Å². The molecule has 0 spiro atoms. The largest absolute Gasteiger partial charge is 0.496 e. The smallest absolute Gasteiger partial charge is 0.404 e. The molecule has 0 unspecified atom stereocenters. The number of nitrogen functional groups attached to an aromatic ring is 1. The number of primary amides is 2. The van der Waals surface area contributed by atoms with E-state index in [1.54, 1.807) is 32.4 Å². The van der Waals surface area contributed by atoms with Crippen LogP contribution in [0.3, 0.4) is 0 Å². The van der Waals surface area contributed by atoms with Gasteiger partial charge >= 0.3 is 6.09 Å². The molecule has 2 amide bonds. The zero-order valence-electron chi connectivity index (χ0n) is 22.2. The average Bonchev–Trinajstić information content (AvgIpc) is 3.45. The Morgan fingerprint density at radius 1 is 1.22 bits per heavy atom. The van der Waals surface area contributed by atoms with Crippen molar-refractivity contribution < 1.29 is 23.5 Å². The quantitative estimate of drug-likeness (QED) is 0.301. The van der Waals surface area contributed by atoms with Gasteiger partial charge in [0.15, 0.2) is 12.2 Å². The Morgan fingerprint density at radius 3 is 2.27 bits per heavy atom. The lowest BCUT2D eigenvalue weighted by Gasteiger charge is -2.07. The van der Waals surface area contributed by atoms with Gasteiger partial charge in [-0.05, 0) is 37.5 Å². The maximum absolute atomic E-state index is 10.1. The van der Waals surface area contributed by atoms with E-state index < -0.39 is 6.09 Å². The number of anilines is 1. The van der Waals surface area contributed by atoms with Gasteiger partial charge in [0, 0.05) is 18.2 Å². The molecule has 3 aromatic rings. The molecule has 0 saturated carbocycles. The van der Waals surface area contributed by atoms with Crippen molar-refractivity contribution in [1.29, 1.82) is 5.26 Å². The second-order valence-electron chi connectivity index (χ2n) is 6.74. The summed E-state index contributed by atoms with van der Waals surface area (Å²) >= 11 is 0. The number of nitrogens with two attached hydrogens (primary N) is 3. The van der Waals surface area contributed by atoms with Gasteiger partial charge in [0.05, 0.1) is 24.9 Å². The normalized spacial score (nSPS) is 9.41. The number of hydrogen-bond acceptors (Lipinski definition) is 8. The van der Waals surface area contributed by atoms with Crippen LogP contribution in [0.2, 0.25) is 0 Å². The minimum Gasteiger partial charge on any atom is -0.496 e. The summed E-state index contributed by atoms with van der Waals surface area (Å²) in [5.41, 5.74) is 17.4. The van der Waals surface area contributed by atoms with Crippen molar-refractivity contribution in [3.8, 4) is 23.1 Å². The summed E-state index contributed by atoms with van der Waals surface area (Å²) in [5, 5.41) is 8.13. The zero-order valence-corrected chi connectivity index (χ0v) is 22.2. The predicted octanol–water partition coefficient (Wildman–Crippen LogP) is 5.08. The zero-order chi connectivity index (χ0) is 28.5. The number of nitrogens with zero attached hydrogens (tertiary/aromatic N) is 2. The molecule has 1 heterocycles. The van der Waals surface area contributed by atoms with E-state index in [0.717, 1.165) is 12.0 Å². The molecule has 37 heavy (non-hydrogen) atoms. The van der Waals surface area contributed by atoms with Crippen LogP contribution in [0.1, 0.15) is 46.1 Å². The molecule has 1 aromatic heterocycles. The monoisotopic (exact) mass is 513 g/mol. The number of carbonyl (C=O) groups is 2. The third-order valence-corrected chi connectivity index (χ3v) is 4.15. The maximum atomic E-state index is 10.1. The van der Waals surface area contributed by atoms with E-state index in [2.05, 4.69) is 46.6 Å². The molecule has 10 heteroatoms. The summed E-state index contributed by atoms with van der Waals surface area (Å²) in [6.07, 6.45) is 4.29. The van der Waals surface area contributed by atoms with Crippen molar-refractivity contribution in [3.63, 3.8) is 0 Å². The third kappa shape index (κ3) is 17.6. The van der Waals surface area contributed by atoms with Crippen LogP contribution in [0.15, 0.2) is 65.5 Å². The number of nitriles is 1. The van der Waals surface area contributed by atoms with Crippen LogP contribution in [-0.4, -0.2) is 30.7 Å². The van der Waals surface area contributed by atoms with E-state index in [0.29, 0.717) is 30.0 Å². The molecule has 0 aliphatic carbocycles. The highest BCUT2D eigenvalue weighted by molar-refractivity contribution is 5.68. The fraction of sp³-hybridized carbons (Fsp3) is 0.333. The van der Waals surface area contributed by atoms with Gasteiger partial charge in [-0.15, -0.1) is 0 Å². The minimum absolute atomic E-state index is 0.250. The van der Waals surface area contributed by atoms with Crippen molar-refractivity contribution in [2.24, 2.45) is 11.5 Å². The fourth-order valence-corrected chi connectivity index (χ4v) is 2.50. The number of methoxy groups -OCH3 is 1. The molecular weight excluding hydrogens is 474 g/mol. The van der Waals surface area contributed by atoms with Gasteiger partial charge in [-0.25, -0.2) is 9.78 Å². The molecule has 2 aromatic carbocycles. The molecule has 0 saturated heterocycles. The van der Waals surface area contributed by atoms with E-state index in [1.807, 2.05) is 32.0 Å². The number of ether oxygens (including phenoxy) is 2. The number of benzene rings is 2. The Balaban J connectivity index is 0. The van der Waals surface area contributed by atoms with E-state index in [4.69, 9.17) is 30.7 Å². The first-order valence-corrected chi connectivity index (χ1v) is 11.7. The SMILES string of the molecule is CC.CCc1ccccc1.COc1cc(N)ccc1-c1cnco1.C[C@H](CCC#N)OC(N)=O.NC=O. The van der Waals surface area contributed by atoms with Crippen molar-refractivity contribution >= 4 is 18.2 Å². The summed E-state index contributed by atoms with van der Waals surface area (Å²) in [6, 6.07) is 17.8. The lowest BCUT2D eigenvalue weighted by atomic mass is 10.1. The Bertz CT molecular complexity index is 1010. The highest BCUT2D eigenvalue weighted by Crippen LogP contribution is 2.31. The second kappa shape index (κ2) is 23.2. The highest BCUT2D eigenvalue weighted by atomic mass is 16.6. The number of oxazole rings is 1. The topological polar surface area (TPSA) is 180 Å². The van der Waals surface area contributed by atoms with Gasteiger partial charge in [-0.1, -0.05) is 51.1 Å². The molecule has 0 aliphatic rings. The van der Waals surface area contributed by atoms with E-state index in [-0.39, 0.29) is 12.5 Å². The number of aryl methyl sites for hydroxylation is 1. The van der Waals surface area contributed by atoms with Crippen LogP contribution in [0.5, 0.6) is 5.75 Å². The maximum Gasteiger partial charge on any atom is 0.404 e. The lowest BCUT2D eigenvalue weighted by Crippen LogP contribution is -2.19. The number of aromatic nitrogens is 1. The van der Waals surface area contributed by atoms with Gasteiger partial charge in [0.25, 0.3) is 0 Å².